The molecule has 0 aromatic rings. The van der Waals surface area contributed by atoms with Gasteiger partial charge in [-0.05, 0) is 13.3 Å². The summed E-state index contributed by atoms with van der Waals surface area (Å²) in [6.07, 6.45) is 4.67. The number of hydrogen-bond donors (Lipinski definition) is 0. The van der Waals surface area contributed by atoms with E-state index in [2.05, 4.69) is 11.6 Å². The van der Waals surface area contributed by atoms with Crippen molar-refractivity contribution in [3.05, 3.63) is 24.4 Å². The van der Waals surface area contributed by atoms with Crippen molar-refractivity contribution in [1.29, 1.82) is 0 Å². The lowest BCUT2D eigenvalue weighted by atomic mass is 10.2. The van der Waals surface area contributed by atoms with Gasteiger partial charge in [0.15, 0.2) is 5.78 Å². The Morgan fingerprint density at radius 3 is 2.82 bits per heavy atom. The zero-order chi connectivity index (χ0) is 8.27. The maximum Gasteiger partial charge on any atom is 0.164 e. The molecular formula is C9H11NO. The third-order valence-electron chi connectivity index (χ3n) is 1.74. The first-order valence-electron chi connectivity index (χ1n) is 3.67. The predicted molar refractivity (Wildman–Crippen MR) is 45.6 cm³/mol. The van der Waals surface area contributed by atoms with Gasteiger partial charge in [-0.3, -0.25) is 9.79 Å². The van der Waals surface area contributed by atoms with Crippen LogP contribution in [0, 0.1) is 0 Å². The van der Waals surface area contributed by atoms with E-state index < -0.39 is 0 Å². The molecule has 2 nitrogen and oxygen atoms in total. The molecular weight excluding hydrogens is 138 g/mol. The maximum absolute atomic E-state index is 11.1. The van der Waals surface area contributed by atoms with Crippen LogP contribution < -0.4 is 0 Å². The monoisotopic (exact) mass is 149 g/mol. The summed E-state index contributed by atoms with van der Waals surface area (Å²) in [4.78, 5) is 15.1. The Balaban J connectivity index is 2.95. The van der Waals surface area contributed by atoms with Crippen LogP contribution in [-0.2, 0) is 4.79 Å². The number of rotatable bonds is 1. The minimum Gasteiger partial charge on any atom is -0.294 e. The molecule has 0 amide bonds. The fourth-order valence-electron chi connectivity index (χ4n) is 1.23. The number of Topliss-reactive ketones (excluding diaryl/α,β-unsaturated/α-hetero) is 1. The van der Waals surface area contributed by atoms with Crippen LogP contribution in [0.2, 0.25) is 0 Å². The van der Waals surface area contributed by atoms with Crippen LogP contribution in [0.15, 0.2) is 29.4 Å². The summed E-state index contributed by atoms with van der Waals surface area (Å²) >= 11 is 0. The second kappa shape index (κ2) is 3.28. The van der Waals surface area contributed by atoms with E-state index in [0.29, 0.717) is 6.42 Å². The summed E-state index contributed by atoms with van der Waals surface area (Å²) in [6.45, 7) is 5.35. The number of nitrogens with zero attached hydrogens (tertiary/aromatic N) is 1. The molecule has 0 unspecified atom stereocenters. The zero-order valence-corrected chi connectivity index (χ0v) is 6.63. The SMILES string of the molecule is C=CN=C1CCC(=O)/C1=C/C. The molecule has 1 aliphatic carbocycles. The van der Waals surface area contributed by atoms with Gasteiger partial charge in [-0.25, -0.2) is 0 Å². The largest absolute Gasteiger partial charge is 0.294 e. The maximum atomic E-state index is 11.1. The highest BCUT2D eigenvalue weighted by Crippen LogP contribution is 2.17. The van der Waals surface area contributed by atoms with E-state index in [1.54, 1.807) is 0 Å². The highest BCUT2D eigenvalue weighted by Gasteiger charge is 2.22. The lowest BCUT2D eigenvalue weighted by Crippen LogP contribution is -1.98. The van der Waals surface area contributed by atoms with Crippen molar-refractivity contribution in [2.45, 2.75) is 19.8 Å². The Kier molecular flexibility index (Phi) is 2.36. The molecule has 1 aliphatic rings. The van der Waals surface area contributed by atoms with Crippen LogP contribution in [0.25, 0.3) is 0 Å². The summed E-state index contributed by atoms with van der Waals surface area (Å²) in [5.41, 5.74) is 1.65. The van der Waals surface area contributed by atoms with Crippen LogP contribution in [0.3, 0.4) is 0 Å². The van der Waals surface area contributed by atoms with Gasteiger partial charge in [0.2, 0.25) is 0 Å². The summed E-state index contributed by atoms with van der Waals surface area (Å²) in [6, 6.07) is 0. The Labute approximate surface area is 66.3 Å². The van der Waals surface area contributed by atoms with Gasteiger partial charge in [0.25, 0.3) is 0 Å². The smallest absolute Gasteiger partial charge is 0.164 e. The molecule has 1 saturated carbocycles. The number of allylic oxidation sites excluding steroid dienone is 2. The van der Waals surface area contributed by atoms with Crippen molar-refractivity contribution in [3.63, 3.8) is 0 Å². The highest BCUT2D eigenvalue weighted by atomic mass is 16.1. The first-order chi connectivity index (χ1) is 5.29. The molecule has 0 aliphatic heterocycles. The Morgan fingerprint density at radius 2 is 2.27 bits per heavy atom. The number of ketones is 1. The molecule has 0 bridgehead atoms. The minimum absolute atomic E-state index is 0.202. The first-order valence-corrected chi connectivity index (χ1v) is 3.67. The lowest BCUT2D eigenvalue weighted by Gasteiger charge is -1.92. The third-order valence-corrected chi connectivity index (χ3v) is 1.74. The van der Waals surface area contributed by atoms with Gasteiger partial charge in [-0.1, -0.05) is 12.7 Å². The number of aliphatic imine (C=N–C) groups is 1. The number of hydrogen-bond acceptors (Lipinski definition) is 2. The quantitative estimate of drug-likeness (QED) is 0.523. The molecule has 58 valence electrons. The molecule has 11 heavy (non-hydrogen) atoms. The van der Waals surface area contributed by atoms with E-state index >= 15 is 0 Å². The molecule has 0 heterocycles. The fraction of sp³-hybridized carbons (Fsp3) is 0.333. The molecule has 0 N–H and O–H groups in total. The van der Waals surface area contributed by atoms with Crippen molar-refractivity contribution < 1.29 is 4.79 Å². The van der Waals surface area contributed by atoms with Crippen molar-refractivity contribution >= 4 is 11.5 Å². The van der Waals surface area contributed by atoms with Crippen LogP contribution >= 0.6 is 0 Å². The van der Waals surface area contributed by atoms with E-state index in [4.69, 9.17) is 0 Å². The highest BCUT2D eigenvalue weighted by molar-refractivity contribution is 6.27. The Bertz CT molecular complexity index is 248. The normalized spacial score (nSPS) is 25.0. The third kappa shape index (κ3) is 1.45. The Hall–Kier alpha value is -1.18. The molecule has 1 rings (SSSR count). The van der Waals surface area contributed by atoms with Crippen LogP contribution in [0.1, 0.15) is 19.8 Å². The second-order valence-corrected chi connectivity index (χ2v) is 2.38. The average Bonchev–Trinajstić information content (AvgIpc) is 2.33. The van der Waals surface area contributed by atoms with E-state index in [-0.39, 0.29) is 5.78 Å². The molecule has 0 atom stereocenters. The van der Waals surface area contributed by atoms with E-state index in [1.165, 1.54) is 6.20 Å². The molecule has 0 saturated heterocycles. The topological polar surface area (TPSA) is 29.4 Å². The molecule has 1 fully saturated rings. The van der Waals surface area contributed by atoms with Crippen LogP contribution in [0.4, 0.5) is 0 Å². The van der Waals surface area contributed by atoms with Crippen molar-refractivity contribution in [2.24, 2.45) is 4.99 Å². The van der Waals surface area contributed by atoms with Crippen molar-refractivity contribution in [3.8, 4) is 0 Å². The molecule has 0 spiro atoms. The van der Waals surface area contributed by atoms with Gasteiger partial charge < -0.3 is 0 Å². The van der Waals surface area contributed by atoms with Gasteiger partial charge in [-0.2, -0.15) is 0 Å². The summed E-state index contributed by atoms with van der Waals surface area (Å²) < 4.78 is 0. The van der Waals surface area contributed by atoms with Crippen molar-refractivity contribution in [2.75, 3.05) is 0 Å². The Morgan fingerprint density at radius 1 is 1.55 bits per heavy atom. The van der Waals surface area contributed by atoms with Crippen LogP contribution in [-0.4, -0.2) is 11.5 Å². The van der Waals surface area contributed by atoms with Crippen LogP contribution in [0.5, 0.6) is 0 Å². The zero-order valence-electron chi connectivity index (χ0n) is 6.63. The number of carbonyl (C=O) groups is 1. The predicted octanol–water partition coefficient (Wildman–Crippen LogP) is 1.88. The molecule has 0 aromatic heterocycles. The lowest BCUT2D eigenvalue weighted by molar-refractivity contribution is -0.114. The molecule has 2 heteroatoms. The minimum atomic E-state index is 0.202. The summed E-state index contributed by atoms with van der Waals surface area (Å²) in [7, 11) is 0. The second-order valence-electron chi connectivity index (χ2n) is 2.38. The van der Waals surface area contributed by atoms with Gasteiger partial charge in [0.1, 0.15) is 0 Å². The van der Waals surface area contributed by atoms with E-state index in [1.807, 2.05) is 13.0 Å². The van der Waals surface area contributed by atoms with E-state index in [9.17, 15) is 4.79 Å². The molecule has 0 aromatic carbocycles. The standard InChI is InChI=1S/C9H11NO/c1-3-7-8(10-4-2)5-6-9(7)11/h3-4H,2,5-6H2,1H3/b7-3+,10-8?. The molecule has 0 radical (unpaired) electrons. The first kappa shape index (κ1) is 7.92. The van der Waals surface area contributed by atoms with Crippen molar-refractivity contribution in [1.82, 2.24) is 0 Å². The van der Waals surface area contributed by atoms with E-state index in [0.717, 1.165) is 17.7 Å². The fourth-order valence-corrected chi connectivity index (χ4v) is 1.23. The van der Waals surface area contributed by atoms with Gasteiger partial charge in [0, 0.05) is 18.2 Å². The van der Waals surface area contributed by atoms with Gasteiger partial charge in [-0.15, -0.1) is 0 Å². The van der Waals surface area contributed by atoms with Gasteiger partial charge in [0.05, 0.1) is 5.71 Å². The summed E-state index contributed by atoms with van der Waals surface area (Å²) in [5, 5.41) is 0. The number of carbonyl (C=O) groups excluding carboxylic acids is 1. The summed E-state index contributed by atoms with van der Waals surface area (Å²) in [5.74, 6) is 0.202. The van der Waals surface area contributed by atoms with Gasteiger partial charge >= 0.3 is 0 Å². The average molecular weight is 149 g/mol.